The fourth-order valence-electron chi connectivity index (χ4n) is 0.949. The third kappa shape index (κ3) is 1.04. The van der Waals surface area contributed by atoms with E-state index >= 15 is 0 Å². The van der Waals surface area contributed by atoms with Crippen molar-refractivity contribution >= 4 is 28.8 Å². The summed E-state index contributed by atoms with van der Waals surface area (Å²) in [7, 11) is 0. The molecule has 0 atom stereocenters. The molecule has 0 unspecified atom stereocenters. The molecule has 2 heterocycles. The van der Waals surface area contributed by atoms with Gasteiger partial charge in [0, 0.05) is 11.6 Å². The van der Waals surface area contributed by atoms with Crippen molar-refractivity contribution in [3.8, 4) is 0 Å². The zero-order chi connectivity index (χ0) is 8.39. The molecule has 1 amide bonds. The van der Waals surface area contributed by atoms with E-state index in [1.165, 1.54) is 6.21 Å². The Morgan fingerprint density at radius 2 is 2.58 bits per heavy atom. The Morgan fingerprint density at radius 3 is 3.42 bits per heavy atom. The third-order valence-electron chi connectivity index (χ3n) is 1.44. The summed E-state index contributed by atoms with van der Waals surface area (Å²) in [6, 6.07) is 0. The highest BCUT2D eigenvalue weighted by Crippen LogP contribution is 2.11. The first-order valence-electron chi connectivity index (χ1n) is 3.29. The van der Waals surface area contributed by atoms with Crippen LogP contribution in [0.5, 0.6) is 0 Å². The number of nitrogens with zero attached hydrogens (tertiary/aromatic N) is 3. The molecule has 0 spiro atoms. The Balaban J connectivity index is 2.53. The van der Waals surface area contributed by atoms with Gasteiger partial charge in [0.05, 0.1) is 12.4 Å². The van der Waals surface area contributed by atoms with Crippen molar-refractivity contribution in [2.24, 2.45) is 4.99 Å². The second kappa shape index (κ2) is 2.86. The summed E-state index contributed by atoms with van der Waals surface area (Å²) in [5, 5.41) is 1.95. The monoisotopic (exact) mass is 179 g/mol. The van der Waals surface area contributed by atoms with Crippen molar-refractivity contribution in [1.29, 1.82) is 0 Å². The van der Waals surface area contributed by atoms with Gasteiger partial charge in [-0.15, -0.1) is 11.3 Å². The summed E-state index contributed by atoms with van der Waals surface area (Å²) in [5.74, 6) is 0.679. The van der Waals surface area contributed by atoms with Crippen LogP contribution in [0.1, 0.15) is 5.82 Å². The molecule has 2 rings (SSSR count). The standard InChI is InChI=1S/C7H5N3OS/c11-5-8-3-6-9-4-7-10(6)1-2-12-7/h1-5H. The predicted octanol–water partition coefficient (Wildman–Crippen LogP) is 0.971. The number of rotatable bonds is 2. The first-order chi connectivity index (χ1) is 5.92. The number of carbonyl (C=O) groups is 1. The quantitative estimate of drug-likeness (QED) is 0.509. The molecule has 0 aliphatic rings. The molecular formula is C7H5N3OS. The summed E-state index contributed by atoms with van der Waals surface area (Å²) >= 11 is 1.59. The topological polar surface area (TPSA) is 46.7 Å². The lowest BCUT2D eigenvalue weighted by Gasteiger charge is -1.84. The van der Waals surface area contributed by atoms with Crippen molar-refractivity contribution in [3.63, 3.8) is 0 Å². The molecule has 0 N–H and O–H groups in total. The van der Waals surface area contributed by atoms with Crippen LogP contribution in [0.3, 0.4) is 0 Å². The van der Waals surface area contributed by atoms with Gasteiger partial charge in [-0.05, 0) is 0 Å². The molecule has 0 aliphatic carbocycles. The van der Waals surface area contributed by atoms with Crippen molar-refractivity contribution < 1.29 is 4.79 Å². The van der Waals surface area contributed by atoms with Gasteiger partial charge in [0.2, 0.25) is 6.41 Å². The lowest BCUT2D eigenvalue weighted by atomic mass is 10.6. The lowest BCUT2D eigenvalue weighted by molar-refractivity contribution is -0.106. The Morgan fingerprint density at radius 1 is 1.67 bits per heavy atom. The van der Waals surface area contributed by atoms with Crippen molar-refractivity contribution in [1.82, 2.24) is 9.38 Å². The Labute approximate surface area is 72.2 Å². The van der Waals surface area contributed by atoms with E-state index in [2.05, 4.69) is 9.98 Å². The van der Waals surface area contributed by atoms with Gasteiger partial charge in [-0.2, -0.15) is 0 Å². The summed E-state index contributed by atoms with van der Waals surface area (Å²) in [6.07, 6.45) is 5.57. The SMILES string of the molecule is O=CN=Cc1ncc2sccn12. The fourth-order valence-corrected chi connectivity index (χ4v) is 1.65. The maximum Gasteiger partial charge on any atom is 0.232 e. The van der Waals surface area contributed by atoms with Crippen molar-refractivity contribution in [2.75, 3.05) is 0 Å². The number of imidazole rings is 1. The first kappa shape index (κ1) is 7.17. The molecule has 60 valence electrons. The number of aromatic nitrogens is 2. The van der Waals surface area contributed by atoms with Gasteiger partial charge < -0.3 is 0 Å². The summed E-state index contributed by atoms with van der Waals surface area (Å²) in [5.41, 5.74) is 0. The molecular weight excluding hydrogens is 174 g/mol. The number of hydrogen-bond acceptors (Lipinski definition) is 3. The predicted molar refractivity (Wildman–Crippen MR) is 46.7 cm³/mol. The van der Waals surface area contributed by atoms with E-state index < -0.39 is 0 Å². The summed E-state index contributed by atoms with van der Waals surface area (Å²) in [6.45, 7) is 0. The minimum Gasteiger partial charge on any atom is -0.290 e. The van der Waals surface area contributed by atoms with Gasteiger partial charge in [-0.1, -0.05) is 0 Å². The van der Waals surface area contributed by atoms with E-state index in [0.29, 0.717) is 12.2 Å². The molecule has 0 saturated carbocycles. The number of aliphatic imine (C=N–C) groups is 1. The van der Waals surface area contributed by atoms with Crippen molar-refractivity contribution in [3.05, 3.63) is 23.6 Å². The summed E-state index contributed by atoms with van der Waals surface area (Å²) < 4.78 is 1.87. The van der Waals surface area contributed by atoms with Crippen LogP contribution in [0.2, 0.25) is 0 Å². The summed E-state index contributed by atoms with van der Waals surface area (Å²) in [4.78, 5) is 18.5. The van der Waals surface area contributed by atoms with Gasteiger partial charge >= 0.3 is 0 Å². The van der Waals surface area contributed by atoms with Crippen LogP contribution in [0.25, 0.3) is 4.83 Å². The first-order valence-corrected chi connectivity index (χ1v) is 4.17. The average Bonchev–Trinajstić information content (AvgIpc) is 2.62. The van der Waals surface area contributed by atoms with Crippen molar-refractivity contribution in [2.45, 2.75) is 0 Å². The smallest absolute Gasteiger partial charge is 0.232 e. The minimum atomic E-state index is 0.493. The van der Waals surface area contributed by atoms with Crippen LogP contribution < -0.4 is 0 Å². The van der Waals surface area contributed by atoms with Gasteiger partial charge in [0.15, 0.2) is 5.82 Å². The second-order valence-electron chi connectivity index (χ2n) is 2.11. The number of fused-ring (bicyclic) bond motifs is 1. The van der Waals surface area contributed by atoms with Crippen LogP contribution in [0.15, 0.2) is 22.8 Å². The fraction of sp³-hybridized carbons (Fsp3) is 0. The Kier molecular flexibility index (Phi) is 1.71. The van der Waals surface area contributed by atoms with E-state index in [4.69, 9.17) is 0 Å². The molecule has 2 aromatic heterocycles. The molecule has 5 heteroatoms. The molecule has 12 heavy (non-hydrogen) atoms. The van der Waals surface area contributed by atoms with Crippen LogP contribution in [-0.2, 0) is 4.79 Å². The highest BCUT2D eigenvalue weighted by atomic mass is 32.1. The molecule has 0 saturated heterocycles. The highest BCUT2D eigenvalue weighted by molar-refractivity contribution is 7.15. The van der Waals surface area contributed by atoms with Gasteiger partial charge in [-0.25, -0.2) is 9.98 Å². The van der Waals surface area contributed by atoms with Gasteiger partial charge in [-0.3, -0.25) is 9.20 Å². The highest BCUT2D eigenvalue weighted by Gasteiger charge is 1.99. The van der Waals surface area contributed by atoms with Crippen LogP contribution in [0, 0.1) is 0 Å². The lowest BCUT2D eigenvalue weighted by Crippen LogP contribution is -1.89. The molecule has 0 aromatic carbocycles. The minimum absolute atomic E-state index is 0.493. The van der Waals surface area contributed by atoms with E-state index in [0.717, 1.165) is 4.83 Å². The molecule has 4 nitrogen and oxygen atoms in total. The van der Waals surface area contributed by atoms with E-state index in [9.17, 15) is 4.79 Å². The van der Waals surface area contributed by atoms with Gasteiger partial charge in [0.1, 0.15) is 4.83 Å². The largest absolute Gasteiger partial charge is 0.290 e. The maximum atomic E-state index is 9.94. The molecule has 0 fully saturated rings. The van der Waals surface area contributed by atoms with E-state index in [1.807, 2.05) is 16.0 Å². The maximum absolute atomic E-state index is 9.94. The van der Waals surface area contributed by atoms with E-state index in [-0.39, 0.29) is 0 Å². The van der Waals surface area contributed by atoms with Crippen LogP contribution in [-0.4, -0.2) is 22.0 Å². The molecule has 0 radical (unpaired) electrons. The normalized spacial score (nSPS) is 11.3. The number of hydrogen-bond donors (Lipinski definition) is 0. The Bertz CT molecular complexity index is 428. The van der Waals surface area contributed by atoms with Crippen LogP contribution >= 0.6 is 11.3 Å². The number of amides is 1. The molecule has 0 aliphatic heterocycles. The van der Waals surface area contributed by atoms with Gasteiger partial charge in [0.25, 0.3) is 0 Å². The van der Waals surface area contributed by atoms with Crippen LogP contribution in [0.4, 0.5) is 0 Å². The number of carbonyl (C=O) groups excluding carboxylic acids is 1. The molecule has 2 aromatic rings. The molecule has 0 bridgehead atoms. The van der Waals surface area contributed by atoms with E-state index in [1.54, 1.807) is 17.5 Å². The Hall–Kier alpha value is -1.49. The average molecular weight is 179 g/mol. The second-order valence-corrected chi connectivity index (χ2v) is 3.04. The third-order valence-corrected chi connectivity index (χ3v) is 2.24. The zero-order valence-electron chi connectivity index (χ0n) is 6.04. The number of thiazole rings is 1. The zero-order valence-corrected chi connectivity index (χ0v) is 6.86.